The highest BCUT2D eigenvalue weighted by Gasteiger charge is 2.16. The second kappa shape index (κ2) is 7.73. The Labute approximate surface area is 167 Å². The number of aromatic nitrogens is 1. The molecule has 0 fully saturated rings. The van der Waals surface area contributed by atoms with Crippen molar-refractivity contribution in [1.82, 2.24) is 4.57 Å². The maximum absolute atomic E-state index is 12.6. The van der Waals surface area contributed by atoms with Crippen LogP contribution in [0.3, 0.4) is 0 Å². The molecule has 0 saturated carbocycles. The molecule has 3 aromatic rings. The Morgan fingerprint density at radius 1 is 1.27 bits per heavy atom. The molecule has 0 N–H and O–H groups in total. The molecule has 0 bridgehead atoms. The Kier molecular flexibility index (Phi) is 5.60. The monoisotopic (exact) mass is 452 g/mol. The lowest BCUT2D eigenvalue weighted by molar-refractivity contribution is -0.141. The number of benzene rings is 2. The minimum Gasteiger partial charge on any atom is -0.468 e. The third-order valence-corrected chi connectivity index (χ3v) is 5.99. The third-order valence-electron chi connectivity index (χ3n) is 3.85. The predicted molar refractivity (Wildman–Crippen MR) is 106 cm³/mol. The van der Waals surface area contributed by atoms with Crippen LogP contribution < -0.4 is 4.80 Å². The van der Waals surface area contributed by atoms with Crippen molar-refractivity contribution in [1.29, 1.82) is 0 Å². The van der Waals surface area contributed by atoms with Crippen LogP contribution in [0.5, 0.6) is 0 Å². The summed E-state index contributed by atoms with van der Waals surface area (Å²) >= 11 is 10.9. The largest absolute Gasteiger partial charge is 0.468 e. The van der Waals surface area contributed by atoms with Gasteiger partial charge in [0, 0.05) is 9.50 Å². The van der Waals surface area contributed by atoms with Gasteiger partial charge in [0.05, 0.1) is 22.9 Å². The zero-order valence-electron chi connectivity index (χ0n) is 14.0. The maximum atomic E-state index is 12.6. The van der Waals surface area contributed by atoms with Crippen LogP contribution in [-0.4, -0.2) is 23.6 Å². The Hall–Kier alpha value is -1.96. The Bertz CT molecular complexity index is 1090. The summed E-state index contributed by atoms with van der Waals surface area (Å²) in [6.07, 6.45) is 0. The summed E-state index contributed by atoms with van der Waals surface area (Å²) in [5, 5.41) is 0.581. The predicted octanol–water partition coefficient (Wildman–Crippen LogP) is 4.34. The Balaban J connectivity index is 2.23. The molecular formula is C18H14BrClN2O3S. The molecule has 1 aromatic heterocycles. The number of ether oxygens (including phenoxy) is 1. The van der Waals surface area contributed by atoms with Crippen molar-refractivity contribution < 1.29 is 14.3 Å². The molecule has 0 aliphatic rings. The highest BCUT2D eigenvalue weighted by molar-refractivity contribution is 9.10. The van der Waals surface area contributed by atoms with Crippen LogP contribution in [0.15, 0.2) is 45.9 Å². The lowest BCUT2D eigenvalue weighted by Crippen LogP contribution is -2.22. The van der Waals surface area contributed by atoms with Gasteiger partial charge in [-0.3, -0.25) is 9.59 Å². The molecule has 0 atom stereocenters. The topological polar surface area (TPSA) is 60.7 Å². The van der Waals surface area contributed by atoms with Gasteiger partial charge in [-0.1, -0.05) is 35.1 Å². The van der Waals surface area contributed by atoms with E-state index < -0.39 is 11.9 Å². The molecule has 0 radical (unpaired) electrons. The zero-order chi connectivity index (χ0) is 18.8. The van der Waals surface area contributed by atoms with Crippen LogP contribution in [0.2, 0.25) is 5.02 Å². The number of carbonyl (C=O) groups is 2. The van der Waals surface area contributed by atoms with Crippen LogP contribution in [0.25, 0.3) is 10.2 Å². The summed E-state index contributed by atoms with van der Waals surface area (Å²) in [7, 11) is 1.32. The van der Waals surface area contributed by atoms with Crippen molar-refractivity contribution in [3.8, 4) is 0 Å². The van der Waals surface area contributed by atoms with Gasteiger partial charge in [0.15, 0.2) is 4.80 Å². The average molecular weight is 454 g/mol. The molecule has 0 unspecified atom stereocenters. The summed E-state index contributed by atoms with van der Waals surface area (Å²) in [5.41, 5.74) is 2.04. The maximum Gasteiger partial charge on any atom is 0.325 e. The molecule has 5 nitrogen and oxygen atoms in total. The van der Waals surface area contributed by atoms with Crippen LogP contribution in [-0.2, 0) is 16.1 Å². The molecular weight excluding hydrogens is 440 g/mol. The van der Waals surface area contributed by atoms with Gasteiger partial charge in [0.25, 0.3) is 5.91 Å². The Morgan fingerprint density at radius 3 is 2.69 bits per heavy atom. The van der Waals surface area contributed by atoms with Crippen molar-refractivity contribution >= 4 is 61.0 Å². The number of rotatable bonds is 3. The number of esters is 1. The fourth-order valence-electron chi connectivity index (χ4n) is 2.52. The van der Waals surface area contributed by atoms with E-state index in [2.05, 4.69) is 20.9 Å². The molecule has 1 amide bonds. The van der Waals surface area contributed by atoms with E-state index >= 15 is 0 Å². The SMILES string of the molecule is COC(=O)Cn1c(=NC(=O)c2ccccc2Br)sc2ccc(Cl)c(C)c21. The Morgan fingerprint density at radius 2 is 2.00 bits per heavy atom. The molecule has 0 aliphatic carbocycles. The number of halogens is 2. The highest BCUT2D eigenvalue weighted by Crippen LogP contribution is 2.27. The fraction of sp³-hybridized carbons (Fsp3) is 0.167. The summed E-state index contributed by atoms with van der Waals surface area (Å²) in [6.45, 7) is 1.81. The number of carbonyl (C=O) groups excluding carboxylic acids is 2. The average Bonchev–Trinajstić information content (AvgIpc) is 2.96. The normalized spacial score (nSPS) is 11.8. The summed E-state index contributed by atoms with van der Waals surface area (Å²) < 4.78 is 8.00. The van der Waals surface area contributed by atoms with Gasteiger partial charge >= 0.3 is 5.97 Å². The van der Waals surface area contributed by atoms with E-state index in [9.17, 15) is 9.59 Å². The van der Waals surface area contributed by atoms with E-state index in [0.717, 1.165) is 15.8 Å². The second-order valence-electron chi connectivity index (χ2n) is 5.46. The van der Waals surface area contributed by atoms with Gasteiger partial charge in [-0.25, -0.2) is 0 Å². The van der Waals surface area contributed by atoms with Crippen molar-refractivity contribution in [3.63, 3.8) is 0 Å². The first-order valence-corrected chi connectivity index (χ1v) is 9.60. The number of nitrogens with zero attached hydrogens (tertiary/aromatic N) is 2. The highest BCUT2D eigenvalue weighted by atomic mass is 79.9. The number of amides is 1. The minimum atomic E-state index is -0.432. The lowest BCUT2D eigenvalue weighted by atomic mass is 10.2. The van der Waals surface area contributed by atoms with Crippen molar-refractivity contribution in [2.45, 2.75) is 13.5 Å². The van der Waals surface area contributed by atoms with Gasteiger partial charge in [0.2, 0.25) is 0 Å². The zero-order valence-corrected chi connectivity index (χ0v) is 17.1. The second-order valence-corrected chi connectivity index (χ2v) is 7.73. The summed E-state index contributed by atoms with van der Waals surface area (Å²) in [5.74, 6) is -0.828. The van der Waals surface area contributed by atoms with Gasteiger partial charge < -0.3 is 9.30 Å². The van der Waals surface area contributed by atoms with E-state index in [-0.39, 0.29) is 6.54 Å². The minimum absolute atomic E-state index is 0.0558. The third kappa shape index (κ3) is 3.60. The number of methoxy groups -OCH3 is 1. The quantitative estimate of drug-likeness (QED) is 0.554. The molecule has 8 heteroatoms. The van der Waals surface area contributed by atoms with E-state index in [1.54, 1.807) is 28.8 Å². The smallest absolute Gasteiger partial charge is 0.325 e. The van der Waals surface area contributed by atoms with Gasteiger partial charge in [-0.15, -0.1) is 0 Å². The van der Waals surface area contributed by atoms with E-state index in [1.165, 1.54) is 18.4 Å². The van der Waals surface area contributed by atoms with E-state index in [4.69, 9.17) is 16.3 Å². The molecule has 3 rings (SSSR count). The molecule has 2 aromatic carbocycles. The molecule has 1 heterocycles. The van der Waals surface area contributed by atoms with Gasteiger partial charge in [-0.05, 0) is 52.7 Å². The van der Waals surface area contributed by atoms with Crippen LogP contribution >= 0.6 is 38.9 Å². The molecule has 0 aliphatic heterocycles. The fourth-order valence-corrected chi connectivity index (χ4v) is 4.22. The number of thiazole rings is 1. The summed E-state index contributed by atoms with van der Waals surface area (Å²) in [4.78, 5) is 29.2. The number of fused-ring (bicyclic) bond motifs is 1. The number of hydrogen-bond acceptors (Lipinski definition) is 4. The first-order valence-electron chi connectivity index (χ1n) is 7.61. The number of hydrogen-bond donors (Lipinski definition) is 0. The standard InChI is InChI=1S/C18H14BrClN2O3S/c1-10-13(20)7-8-14-16(10)22(9-15(23)25-2)18(26-14)21-17(24)11-5-3-4-6-12(11)19/h3-8H,9H2,1-2H3. The van der Waals surface area contributed by atoms with Gasteiger partial charge in [0.1, 0.15) is 6.54 Å². The summed E-state index contributed by atoms with van der Waals surface area (Å²) in [6, 6.07) is 10.7. The van der Waals surface area contributed by atoms with Crippen molar-refractivity contribution in [2.75, 3.05) is 7.11 Å². The van der Waals surface area contributed by atoms with Crippen LogP contribution in [0.4, 0.5) is 0 Å². The molecule has 0 saturated heterocycles. The van der Waals surface area contributed by atoms with E-state index in [1.807, 2.05) is 19.1 Å². The van der Waals surface area contributed by atoms with E-state index in [0.29, 0.717) is 19.9 Å². The van der Waals surface area contributed by atoms with Crippen molar-refractivity contribution in [3.05, 3.63) is 61.8 Å². The van der Waals surface area contributed by atoms with Crippen molar-refractivity contribution in [2.24, 2.45) is 4.99 Å². The van der Waals surface area contributed by atoms with Crippen LogP contribution in [0.1, 0.15) is 15.9 Å². The van der Waals surface area contributed by atoms with Gasteiger partial charge in [-0.2, -0.15) is 4.99 Å². The number of aryl methyl sites for hydroxylation is 1. The molecule has 0 spiro atoms. The molecule has 134 valence electrons. The first kappa shape index (κ1) is 18.8. The molecule has 26 heavy (non-hydrogen) atoms. The lowest BCUT2D eigenvalue weighted by Gasteiger charge is -2.07. The first-order chi connectivity index (χ1) is 12.4. The van der Waals surface area contributed by atoms with Crippen LogP contribution in [0, 0.1) is 6.92 Å².